The van der Waals surface area contributed by atoms with Crippen LogP contribution in [-0.2, 0) is 0 Å². The van der Waals surface area contributed by atoms with Crippen LogP contribution >= 0.6 is 0 Å². The quantitative estimate of drug-likeness (QED) is 0.746. The van der Waals surface area contributed by atoms with E-state index in [9.17, 15) is 4.79 Å². The zero-order chi connectivity index (χ0) is 18.8. The van der Waals surface area contributed by atoms with Gasteiger partial charge < -0.3 is 15.0 Å². The first-order valence-electron chi connectivity index (χ1n) is 9.44. The molecule has 4 rings (SSSR count). The predicted molar refractivity (Wildman–Crippen MR) is 107 cm³/mol. The number of anilines is 2. The molecule has 3 heterocycles. The number of amides is 1. The van der Waals surface area contributed by atoms with E-state index in [4.69, 9.17) is 4.74 Å². The van der Waals surface area contributed by atoms with E-state index in [0.717, 1.165) is 18.8 Å². The molecule has 0 atom stereocenters. The van der Waals surface area contributed by atoms with Crippen LogP contribution in [0.15, 0.2) is 42.6 Å². The Morgan fingerprint density at radius 3 is 2.63 bits per heavy atom. The Hall–Kier alpha value is -3.02. The third-order valence-electron chi connectivity index (χ3n) is 4.90. The number of carbonyl (C=O) groups is 1. The molecule has 0 bridgehead atoms. The van der Waals surface area contributed by atoms with Gasteiger partial charge in [-0.3, -0.25) is 9.20 Å². The van der Waals surface area contributed by atoms with Gasteiger partial charge in [-0.15, -0.1) is 0 Å². The number of ether oxygens (including phenoxy) is 1. The number of hydrogen-bond acceptors (Lipinski definition) is 4. The lowest BCUT2D eigenvalue weighted by atomic mass is 10.2. The average Bonchev–Trinajstić information content (AvgIpc) is 3.30. The molecule has 0 aliphatic carbocycles. The van der Waals surface area contributed by atoms with E-state index in [-0.39, 0.29) is 5.91 Å². The molecule has 0 radical (unpaired) electrons. The van der Waals surface area contributed by atoms with Crippen molar-refractivity contribution in [3.05, 3.63) is 54.0 Å². The van der Waals surface area contributed by atoms with Crippen molar-refractivity contribution in [1.82, 2.24) is 9.38 Å². The van der Waals surface area contributed by atoms with E-state index in [2.05, 4.69) is 27.3 Å². The maximum Gasteiger partial charge on any atom is 0.274 e. The van der Waals surface area contributed by atoms with Crippen molar-refractivity contribution in [3.8, 4) is 5.75 Å². The molecule has 1 aliphatic rings. The molecule has 1 saturated heterocycles. The van der Waals surface area contributed by atoms with Gasteiger partial charge in [-0.1, -0.05) is 0 Å². The molecule has 1 fully saturated rings. The minimum Gasteiger partial charge on any atom is -0.490 e. The molecule has 1 aliphatic heterocycles. The van der Waals surface area contributed by atoms with Gasteiger partial charge in [0.15, 0.2) is 11.4 Å². The Morgan fingerprint density at radius 1 is 1.19 bits per heavy atom. The van der Waals surface area contributed by atoms with Gasteiger partial charge in [0.1, 0.15) is 5.69 Å². The molecule has 0 spiro atoms. The molecular weight excluding hydrogens is 340 g/mol. The molecular formula is C21H24N4O2. The summed E-state index contributed by atoms with van der Waals surface area (Å²) in [6, 6.07) is 11.8. The van der Waals surface area contributed by atoms with Crippen molar-refractivity contribution in [2.24, 2.45) is 0 Å². The molecule has 1 N–H and O–H groups in total. The molecule has 1 aromatic carbocycles. The third kappa shape index (κ3) is 3.35. The van der Waals surface area contributed by atoms with Crippen LogP contribution in [0.3, 0.4) is 0 Å². The molecule has 3 aromatic rings. The number of fused-ring (bicyclic) bond motifs is 1. The van der Waals surface area contributed by atoms with Gasteiger partial charge >= 0.3 is 0 Å². The van der Waals surface area contributed by atoms with E-state index >= 15 is 0 Å². The first-order valence-corrected chi connectivity index (χ1v) is 9.44. The minimum atomic E-state index is -0.178. The molecule has 6 nitrogen and oxygen atoms in total. The molecule has 2 aromatic heterocycles. The first-order chi connectivity index (χ1) is 13.2. The van der Waals surface area contributed by atoms with Gasteiger partial charge in [-0.05, 0) is 63.1 Å². The van der Waals surface area contributed by atoms with E-state index in [0.29, 0.717) is 29.4 Å². The van der Waals surface area contributed by atoms with E-state index < -0.39 is 0 Å². The SMILES string of the molecule is CCOc1cccn2c(C(=O)Nc3ccc(N4CCCC4)cc3)c(C)nc12. The summed E-state index contributed by atoms with van der Waals surface area (Å²) in [5.74, 6) is 0.500. The average molecular weight is 364 g/mol. The summed E-state index contributed by atoms with van der Waals surface area (Å²) in [5.41, 5.74) is 3.84. The lowest BCUT2D eigenvalue weighted by Crippen LogP contribution is -2.18. The standard InChI is InChI=1S/C21H24N4O2/c1-3-27-18-7-6-14-25-19(15(2)22-20(18)25)21(26)23-16-8-10-17(11-9-16)24-12-4-5-13-24/h6-11,14H,3-5,12-13H2,1-2H3,(H,23,26). The van der Waals surface area contributed by atoms with Crippen molar-refractivity contribution in [3.63, 3.8) is 0 Å². The third-order valence-corrected chi connectivity index (χ3v) is 4.90. The van der Waals surface area contributed by atoms with Crippen LogP contribution in [0.5, 0.6) is 5.75 Å². The van der Waals surface area contributed by atoms with Crippen LogP contribution in [0.1, 0.15) is 35.9 Å². The molecule has 0 saturated carbocycles. The number of pyridine rings is 1. The number of aryl methyl sites for hydroxylation is 1. The normalized spacial score (nSPS) is 13.9. The van der Waals surface area contributed by atoms with Crippen LogP contribution in [0.4, 0.5) is 11.4 Å². The van der Waals surface area contributed by atoms with Gasteiger partial charge in [0.05, 0.1) is 12.3 Å². The topological polar surface area (TPSA) is 58.9 Å². The fraction of sp³-hybridized carbons (Fsp3) is 0.333. The fourth-order valence-corrected chi connectivity index (χ4v) is 3.62. The number of rotatable bonds is 5. The van der Waals surface area contributed by atoms with E-state index in [1.807, 2.05) is 44.3 Å². The molecule has 140 valence electrons. The highest BCUT2D eigenvalue weighted by atomic mass is 16.5. The van der Waals surface area contributed by atoms with Gasteiger partial charge in [0.2, 0.25) is 0 Å². The van der Waals surface area contributed by atoms with Crippen molar-refractivity contribution in [2.75, 3.05) is 29.9 Å². The molecule has 27 heavy (non-hydrogen) atoms. The Bertz CT molecular complexity index is 956. The van der Waals surface area contributed by atoms with Gasteiger partial charge in [0.25, 0.3) is 5.91 Å². The highest BCUT2D eigenvalue weighted by molar-refractivity contribution is 6.04. The zero-order valence-electron chi connectivity index (χ0n) is 15.7. The monoisotopic (exact) mass is 364 g/mol. The van der Waals surface area contributed by atoms with E-state index in [1.165, 1.54) is 18.5 Å². The number of imidazole rings is 1. The summed E-state index contributed by atoms with van der Waals surface area (Å²) in [4.78, 5) is 19.8. The second-order valence-electron chi connectivity index (χ2n) is 6.74. The molecule has 0 unspecified atom stereocenters. The van der Waals surface area contributed by atoms with E-state index in [1.54, 1.807) is 4.40 Å². The molecule has 1 amide bonds. The second-order valence-corrected chi connectivity index (χ2v) is 6.74. The fourth-order valence-electron chi connectivity index (χ4n) is 3.62. The summed E-state index contributed by atoms with van der Waals surface area (Å²) in [7, 11) is 0. The highest BCUT2D eigenvalue weighted by Crippen LogP contribution is 2.24. The predicted octanol–water partition coefficient (Wildman–Crippen LogP) is 3.89. The number of hydrogen-bond donors (Lipinski definition) is 1. The lowest BCUT2D eigenvalue weighted by Gasteiger charge is -2.17. The van der Waals surface area contributed by atoms with Crippen LogP contribution in [0, 0.1) is 6.92 Å². The van der Waals surface area contributed by atoms with Crippen molar-refractivity contribution in [1.29, 1.82) is 0 Å². The smallest absolute Gasteiger partial charge is 0.274 e. The first kappa shape index (κ1) is 17.4. The summed E-state index contributed by atoms with van der Waals surface area (Å²) >= 11 is 0. The summed E-state index contributed by atoms with van der Waals surface area (Å²) in [6.07, 6.45) is 4.33. The lowest BCUT2D eigenvalue weighted by molar-refractivity contribution is 0.102. The number of aromatic nitrogens is 2. The maximum absolute atomic E-state index is 12.9. The summed E-state index contributed by atoms with van der Waals surface area (Å²) in [6.45, 7) is 6.53. The Balaban J connectivity index is 1.58. The number of nitrogens with zero attached hydrogens (tertiary/aromatic N) is 3. The number of carbonyl (C=O) groups excluding carboxylic acids is 1. The van der Waals surface area contributed by atoms with Gasteiger partial charge in [-0.2, -0.15) is 0 Å². The Kier molecular flexibility index (Phi) is 4.71. The summed E-state index contributed by atoms with van der Waals surface area (Å²) in [5, 5.41) is 2.99. The summed E-state index contributed by atoms with van der Waals surface area (Å²) < 4.78 is 7.41. The van der Waals surface area contributed by atoms with Crippen molar-refractivity contribution < 1.29 is 9.53 Å². The van der Waals surface area contributed by atoms with Gasteiger partial charge in [0, 0.05) is 30.7 Å². The van der Waals surface area contributed by atoms with Crippen LogP contribution < -0.4 is 15.0 Å². The van der Waals surface area contributed by atoms with Crippen molar-refractivity contribution in [2.45, 2.75) is 26.7 Å². The largest absolute Gasteiger partial charge is 0.490 e. The van der Waals surface area contributed by atoms with Crippen LogP contribution in [-0.4, -0.2) is 35.0 Å². The highest BCUT2D eigenvalue weighted by Gasteiger charge is 2.19. The Labute approximate surface area is 158 Å². The number of nitrogens with one attached hydrogen (secondary N) is 1. The maximum atomic E-state index is 12.9. The van der Waals surface area contributed by atoms with Crippen LogP contribution in [0.2, 0.25) is 0 Å². The van der Waals surface area contributed by atoms with Gasteiger partial charge in [-0.25, -0.2) is 4.98 Å². The van der Waals surface area contributed by atoms with Crippen molar-refractivity contribution >= 4 is 22.9 Å². The zero-order valence-corrected chi connectivity index (χ0v) is 15.7. The Morgan fingerprint density at radius 2 is 1.93 bits per heavy atom. The molecule has 6 heteroatoms. The van der Waals surface area contributed by atoms with Crippen LogP contribution in [0.25, 0.3) is 5.65 Å². The number of benzene rings is 1. The second kappa shape index (κ2) is 7.31. The minimum absolute atomic E-state index is 0.178.